The highest BCUT2D eigenvalue weighted by atomic mass is 19.3. The van der Waals surface area contributed by atoms with Gasteiger partial charge in [0.1, 0.15) is 30.0 Å². The number of aliphatic hydroxyl groups excluding tert-OH is 3. The Labute approximate surface area is 189 Å². The van der Waals surface area contributed by atoms with Gasteiger partial charge in [-0.3, -0.25) is 4.79 Å². The summed E-state index contributed by atoms with van der Waals surface area (Å²) in [5, 5.41) is 39.2. The molecule has 3 N–H and O–H groups in total. The van der Waals surface area contributed by atoms with Crippen LogP contribution in [0.1, 0.15) is 25.3 Å². The molecule has 2 aromatic rings. The van der Waals surface area contributed by atoms with Crippen LogP contribution in [0.5, 0.6) is 0 Å². The maximum atomic E-state index is 13.6. The first kappa shape index (κ1) is 24.4. The zero-order valence-corrected chi connectivity index (χ0v) is 17.5. The molecule has 2 aliphatic rings. The zero-order valence-electron chi connectivity index (χ0n) is 17.5. The molecule has 2 aliphatic heterocycles. The molecule has 9 nitrogen and oxygen atoms in total. The predicted molar refractivity (Wildman–Crippen MR) is 103 cm³/mol. The number of hydrogen-bond acceptors (Lipinski definition) is 7. The number of carbonyl (C=O) groups excluding carboxylic acids is 1. The second-order valence-electron chi connectivity index (χ2n) is 8.20. The van der Waals surface area contributed by atoms with Gasteiger partial charge in [-0.15, -0.1) is 5.10 Å². The third-order valence-corrected chi connectivity index (χ3v) is 6.15. The van der Waals surface area contributed by atoms with Gasteiger partial charge in [0.2, 0.25) is 5.91 Å². The van der Waals surface area contributed by atoms with Crippen molar-refractivity contribution < 1.29 is 46.8 Å². The Morgan fingerprint density at radius 2 is 1.88 bits per heavy atom. The van der Waals surface area contributed by atoms with E-state index in [4.69, 9.17) is 4.74 Å². The summed E-state index contributed by atoms with van der Waals surface area (Å²) in [7, 11) is 0. The fourth-order valence-corrected chi connectivity index (χ4v) is 4.58. The minimum atomic E-state index is -2.95. The van der Waals surface area contributed by atoms with Gasteiger partial charge in [-0.25, -0.2) is 26.6 Å². The SMILES string of the molecule is O=C1CCCC2(O[C@H](CO)[C@H](O)[C@H](n3cc(-c4cc(F)c(F)c(F)c4)nn3)C2O)N1CC(F)F. The molecule has 2 unspecified atom stereocenters. The number of alkyl halides is 2. The smallest absolute Gasteiger partial charge is 0.256 e. The summed E-state index contributed by atoms with van der Waals surface area (Å²) in [6.07, 6.45) is -6.62. The zero-order chi connectivity index (χ0) is 24.8. The molecule has 186 valence electrons. The fourth-order valence-electron chi connectivity index (χ4n) is 4.58. The van der Waals surface area contributed by atoms with Crippen molar-refractivity contribution in [2.45, 2.75) is 55.8 Å². The quantitative estimate of drug-likeness (QED) is 0.421. The number of benzene rings is 1. The van der Waals surface area contributed by atoms with Crippen molar-refractivity contribution in [3.63, 3.8) is 0 Å². The van der Waals surface area contributed by atoms with Crippen LogP contribution in [0.4, 0.5) is 22.0 Å². The Morgan fingerprint density at radius 3 is 2.50 bits per heavy atom. The van der Waals surface area contributed by atoms with E-state index in [9.17, 15) is 42.1 Å². The van der Waals surface area contributed by atoms with Crippen LogP contribution >= 0.6 is 0 Å². The van der Waals surface area contributed by atoms with Crippen LogP contribution < -0.4 is 0 Å². The van der Waals surface area contributed by atoms with E-state index in [1.807, 2.05) is 0 Å². The van der Waals surface area contributed by atoms with E-state index in [-0.39, 0.29) is 30.5 Å². The van der Waals surface area contributed by atoms with E-state index in [2.05, 4.69) is 10.3 Å². The van der Waals surface area contributed by atoms with E-state index in [1.54, 1.807) is 0 Å². The topological polar surface area (TPSA) is 121 Å². The van der Waals surface area contributed by atoms with Crippen molar-refractivity contribution >= 4 is 5.91 Å². The lowest BCUT2D eigenvalue weighted by Gasteiger charge is -2.56. The average Bonchev–Trinajstić information content (AvgIpc) is 3.26. The van der Waals surface area contributed by atoms with Crippen LogP contribution in [-0.2, 0) is 9.53 Å². The van der Waals surface area contributed by atoms with Crippen molar-refractivity contribution in [3.05, 3.63) is 35.8 Å². The summed E-state index contributed by atoms with van der Waals surface area (Å²) in [6, 6.07) is -0.106. The summed E-state index contributed by atoms with van der Waals surface area (Å²) in [6.45, 7) is -1.83. The monoisotopic (exact) mass is 492 g/mol. The standard InChI is InChI=1S/C20H21F5N4O5/c21-10-4-9(5-11(22)16(10)25)12-6-29(27-26-12)17-18(32)13(8-30)34-20(19(17)33)3-1-2-15(31)28(20)7-14(23)24/h4-6,13-14,17-19,30,32-33H,1-3,7-8H2/t13-,17+,18+,19?,20?/m1/s1. The van der Waals surface area contributed by atoms with Gasteiger partial charge in [0.15, 0.2) is 23.2 Å². The van der Waals surface area contributed by atoms with Gasteiger partial charge < -0.3 is 25.0 Å². The van der Waals surface area contributed by atoms with Crippen molar-refractivity contribution in [2.24, 2.45) is 0 Å². The molecule has 5 atom stereocenters. The third kappa shape index (κ3) is 4.04. The van der Waals surface area contributed by atoms with Crippen molar-refractivity contribution in [3.8, 4) is 11.3 Å². The normalized spacial score (nSPS) is 29.9. The molecule has 1 spiro atoms. The molecule has 4 rings (SSSR count). The van der Waals surface area contributed by atoms with Crippen LogP contribution in [0.15, 0.2) is 18.3 Å². The van der Waals surface area contributed by atoms with Crippen LogP contribution in [-0.4, -0.2) is 84.7 Å². The van der Waals surface area contributed by atoms with Crippen LogP contribution in [0.3, 0.4) is 0 Å². The highest BCUT2D eigenvalue weighted by Crippen LogP contribution is 2.44. The number of aliphatic hydroxyl groups is 3. The average molecular weight is 492 g/mol. The molecule has 1 amide bonds. The van der Waals surface area contributed by atoms with E-state index in [0.29, 0.717) is 17.0 Å². The largest absolute Gasteiger partial charge is 0.394 e. The first-order valence-electron chi connectivity index (χ1n) is 10.4. The number of likely N-dealkylation sites (tertiary alicyclic amines) is 1. The van der Waals surface area contributed by atoms with E-state index in [0.717, 1.165) is 10.9 Å². The maximum absolute atomic E-state index is 13.6. The summed E-state index contributed by atoms with van der Waals surface area (Å²) < 4.78 is 73.7. The predicted octanol–water partition coefficient (Wildman–Crippen LogP) is 0.990. The van der Waals surface area contributed by atoms with E-state index in [1.165, 1.54) is 0 Å². The third-order valence-electron chi connectivity index (χ3n) is 6.15. The molecule has 2 saturated heterocycles. The number of halogens is 5. The molecule has 0 bridgehead atoms. The number of nitrogens with zero attached hydrogens (tertiary/aromatic N) is 4. The molecule has 2 fully saturated rings. The first-order valence-corrected chi connectivity index (χ1v) is 10.4. The Morgan fingerprint density at radius 1 is 1.21 bits per heavy atom. The maximum Gasteiger partial charge on any atom is 0.256 e. The molecule has 3 heterocycles. The first-order chi connectivity index (χ1) is 16.1. The number of aromatic nitrogens is 3. The second-order valence-corrected chi connectivity index (χ2v) is 8.20. The number of ether oxygens (including phenoxy) is 1. The van der Waals surface area contributed by atoms with Crippen LogP contribution in [0.25, 0.3) is 11.3 Å². The van der Waals surface area contributed by atoms with Crippen molar-refractivity contribution in [2.75, 3.05) is 13.2 Å². The van der Waals surface area contributed by atoms with Gasteiger partial charge in [-0.2, -0.15) is 0 Å². The lowest BCUT2D eigenvalue weighted by atomic mass is 9.82. The number of hydrogen-bond donors (Lipinski definition) is 3. The molecule has 14 heteroatoms. The Hall–Kier alpha value is -2.68. The Kier molecular flexibility index (Phi) is 6.59. The fraction of sp³-hybridized carbons (Fsp3) is 0.550. The van der Waals surface area contributed by atoms with E-state index >= 15 is 0 Å². The molecule has 34 heavy (non-hydrogen) atoms. The minimum Gasteiger partial charge on any atom is -0.394 e. The summed E-state index contributed by atoms with van der Waals surface area (Å²) in [4.78, 5) is 13.2. The number of rotatable bonds is 5. The summed E-state index contributed by atoms with van der Waals surface area (Å²) >= 11 is 0. The van der Waals surface area contributed by atoms with E-state index < -0.39 is 73.0 Å². The molecule has 0 aliphatic carbocycles. The van der Waals surface area contributed by atoms with Gasteiger partial charge in [-0.05, 0) is 25.0 Å². The van der Waals surface area contributed by atoms with Gasteiger partial charge in [0.05, 0.1) is 19.3 Å². The summed E-state index contributed by atoms with van der Waals surface area (Å²) in [5.74, 6) is -5.33. The van der Waals surface area contributed by atoms with Gasteiger partial charge in [-0.1, -0.05) is 5.21 Å². The number of piperidine rings is 1. The highest BCUT2D eigenvalue weighted by Gasteiger charge is 2.60. The number of amides is 1. The molecular weight excluding hydrogens is 471 g/mol. The molecular formula is C20H21F5N4O5. The van der Waals surface area contributed by atoms with Crippen molar-refractivity contribution in [1.29, 1.82) is 0 Å². The van der Waals surface area contributed by atoms with Crippen LogP contribution in [0.2, 0.25) is 0 Å². The van der Waals surface area contributed by atoms with Gasteiger partial charge >= 0.3 is 0 Å². The second kappa shape index (κ2) is 9.17. The minimum absolute atomic E-state index is 0.0588. The Balaban J connectivity index is 1.75. The lowest BCUT2D eigenvalue weighted by Crippen LogP contribution is -2.72. The summed E-state index contributed by atoms with van der Waals surface area (Å²) in [5.41, 5.74) is -2.34. The molecule has 1 aromatic carbocycles. The highest BCUT2D eigenvalue weighted by molar-refractivity contribution is 5.78. The van der Waals surface area contributed by atoms with Gasteiger partial charge in [0.25, 0.3) is 6.43 Å². The van der Waals surface area contributed by atoms with Crippen molar-refractivity contribution in [1.82, 2.24) is 19.9 Å². The molecule has 1 aromatic heterocycles. The Bertz CT molecular complexity index is 1050. The molecule has 0 radical (unpaired) electrons. The lowest BCUT2D eigenvalue weighted by molar-refractivity contribution is -0.311. The molecule has 0 saturated carbocycles. The van der Waals surface area contributed by atoms with Gasteiger partial charge in [0, 0.05) is 12.0 Å². The van der Waals surface area contributed by atoms with Crippen LogP contribution in [0, 0.1) is 17.5 Å². The number of carbonyl (C=O) groups is 1.